The first kappa shape index (κ1) is 37.2. The number of carboxylic acid groups (broad SMARTS) is 1. The Morgan fingerprint density at radius 3 is 2.23 bits per heavy atom. The van der Waals surface area contributed by atoms with E-state index in [2.05, 4.69) is 53.2 Å². The molecule has 1 aromatic heterocycles. The molecule has 10 heteroatoms. The number of hydrogen-bond donors (Lipinski definition) is 1. The third kappa shape index (κ3) is 12.3. The topological polar surface area (TPSA) is 92.7 Å². The molecular weight excluding hydrogens is 684 g/mol. The van der Waals surface area contributed by atoms with Crippen LogP contribution in [0.15, 0.2) is 34.8 Å². The standard InChI is InChI=1S/C37H55BrO8S/c1-26-31(38)24-28(47-26)19-17-27(44-35-14-6-9-21-41-35)18-20-30-29(12-4-2-3-5-13-34(39)40)32(45-36-15-7-10-22-42-36)25-33(30)46-37-16-8-11-23-43-37/h2,4,18,20,24,27,29-30,32-33,35-37H,3,5-17,19,21-23,25H2,1H3,(H,39,40)/b4-2-,20-18+/t27-,29+,30+,32-,33+,35?,36?,37?/m0/s1. The summed E-state index contributed by atoms with van der Waals surface area (Å²) < 4.78 is 39.4. The molecule has 4 fully saturated rings. The Kier molecular flexibility index (Phi) is 15.7. The van der Waals surface area contributed by atoms with Crippen molar-refractivity contribution in [3.05, 3.63) is 44.6 Å². The van der Waals surface area contributed by atoms with Gasteiger partial charge in [0.15, 0.2) is 18.9 Å². The van der Waals surface area contributed by atoms with E-state index in [1.54, 1.807) is 0 Å². The summed E-state index contributed by atoms with van der Waals surface area (Å²) in [5.74, 6) is -0.458. The molecule has 0 spiro atoms. The zero-order valence-electron chi connectivity index (χ0n) is 28.0. The van der Waals surface area contributed by atoms with Crippen LogP contribution in [-0.4, -0.2) is 68.1 Å². The molecule has 1 N–H and O–H groups in total. The van der Waals surface area contributed by atoms with Crippen LogP contribution in [0.3, 0.4) is 0 Å². The van der Waals surface area contributed by atoms with Crippen molar-refractivity contribution in [1.82, 2.24) is 0 Å². The Morgan fingerprint density at radius 1 is 0.979 bits per heavy atom. The first-order valence-corrected chi connectivity index (χ1v) is 19.7. The third-order valence-electron chi connectivity index (χ3n) is 9.73. The van der Waals surface area contributed by atoms with Gasteiger partial charge in [0, 0.05) is 52.8 Å². The molecule has 1 aliphatic carbocycles. The molecule has 1 aromatic rings. The summed E-state index contributed by atoms with van der Waals surface area (Å²) in [6.07, 6.45) is 22.6. The summed E-state index contributed by atoms with van der Waals surface area (Å²) in [6, 6.07) is 2.23. The second-order valence-electron chi connectivity index (χ2n) is 13.4. The predicted octanol–water partition coefficient (Wildman–Crippen LogP) is 8.88. The molecule has 8 nitrogen and oxygen atoms in total. The van der Waals surface area contributed by atoms with E-state index in [0.717, 1.165) is 110 Å². The summed E-state index contributed by atoms with van der Waals surface area (Å²) in [5, 5.41) is 9.05. The van der Waals surface area contributed by atoms with Crippen molar-refractivity contribution in [1.29, 1.82) is 0 Å². The lowest BCUT2D eigenvalue weighted by Gasteiger charge is -2.30. The van der Waals surface area contributed by atoms with E-state index < -0.39 is 5.97 Å². The highest BCUT2D eigenvalue weighted by molar-refractivity contribution is 9.10. The lowest BCUT2D eigenvalue weighted by molar-refractivity contribution is -0.203. The molecule has 5 rings (SSSR count). The molecule has 4 aliphatic rings. The molecule has 3 saturated heterocycles. The largest absolute Gasteiger partial charge is 0.481 e. The van der Waals surface area contributed by atoms with E-state index in [1.165, 1.54) is 14.2 Å². The van der Waals surface area contributed by atoms with Gasteiger partial charge in [-0.05, 0) is 125 Å². The van der Waals surface area contributed by atoms with Gasteiger partial charge in [-0.15, -0.1) is 11.3 Å². The second kappa shape index (κ2) is 19.9. The number of carbonyl (C=O) groups is 1. The summed E-state index contributed by atoms with van der Waals surface area (Å²) in [4.78, 5) is 13.7. The monoisotopic (exact) mass is 738 g/mol. The quantitative estimate of drug-likeness (QED) is 0.125. The van der Waals surface area contributed by atoms with Crippen LogP contribution >= 0.6 is 27.3 Å². The van der Waals surface area contributed by atoms with Gasteiger partial charge >= 0.3 is 5.97 Å². The number of aryl methyl sites for hydroxylation is 2. The predicted molar refractivity (Wildman–Crippen MR) is 186 cm³/mol. The maximum Gasteiger partial charge on any atom is 0.303 e. The maximum absolute atomic E-state index is 11.0. The Balaban J connectivity index is 1.35. The highest BCUT2D eigenvalue weighted by Crippen LogP contribution is 2.42. The molecular formula is C37H55BrO8S. The zero-order valence-corrected chi connectivity index (χ0v) is 30.4. The fourth-order valence-corrected chi connectivity index (χ4v) is 8.75. The van der Waals surface area contributed by atoms with Gasteiger partial charge in [-0.2, -0.15) is 0 Å². The Morgan fingerprint density at radius 2 is 1.64 bits per heavy atom. The van der Waals surface area contributed by atoms with Crippen LogP contribution in [0.4, 0.5) is 0 Å². The van der Waals surface area contributed by atoms with Crippen LogP contribution in [0.25, 0.3) is 0 Å². The van der Waals surface area contributed by atoms with Gasteiger partial charge in [0.05, 0.1) is 18.3 Å². The van der Waals surface area contributed by atoms with Crippen molar-refractivity contribution >= 4 is 33.2 Å². The molecule has 1 saturated carbocycles. The van der Waals surface area contributed by atoms with E-state index in [0.29, 0.717) is 6.42 Å². The molecule has 0 amide bonds. The number of unbranched alkanes of at least 4 members (excludes halogenated alkanes) is 1. The zero-order chi connectivity index (χ0) is 32.8. The Labute approximate surface area is 293 Å². The highest BCUT2D eigenvalue weighted by Gasteiger charge is 2.45. The first-order valence-electron chi connectivity index (χ1n) is 18.1. The average Bonchev–Trinajstić information content (AvgIpc) is 3.57. The van der Waals surface area contributed by atoms with Gasteiger partial charge in [0.2, 0.25) is 0 Å². The Bertz CT molecular complexity index is 1100. The number of aliphatic carboxylic acids is 1. The van der Waals surface area contributed by atoms with Gasteiger partial charge in [-0.3, -0.25) is 4.79 Å². The molecule has 3 unspecified atom stereocenters. The SMILES string of the molecule is Cc1sc(CC[C@@H](/C=C/[C@@H]2[C@@H](C/C=C\CCCC(=O)O)[C@@H](OC3CCCCO3)C[C@H]2OC2CCCCO2)OC2CCCCO2)cc1Br. The minimum absolute atomic E-state index is 0.0162. The van der Waals surface area contributed by atoms with Gasteiger partial charge < -0.3 is 33.5 Å². The minimum atomic E-state index is -0.748. The van der Waals surface area contributed by atoms with Gasteiger partial charge in [-0.1, -0.05) is 24.3 Å². The lowest BCUT2D eigenvalue weighted by Crippen LogP contribution is -2.31. The minimum Gasteiger partial charge on any atom is -0.481 e. The summed E-state index contributed by atoms with van der Waals surface area (Å²) in [7, 11) is 0. The summed E-state index contributed by atoms with van der Waals surface area (Å²) in [5.41, 5.74) is 0. The van der Waals surface area contributed by atoms with E-state index >= 15 is 0 Å². The lowest BCUT2D eigenvalue weighted by atomic mass is 9.89. The highest BCUT2D eigenvalue weighted by atomic mass is 79.9. The van der Waals surface area contributed by atoms with E-state index in [4.69, 9.17) is 33.5 Å². The normalized spacial score (nSPS) is 31.1. The molecule has 47 heavy (non-hydrogen) atoms. The second-order valence-corrected chi connectivity index (χ2v) is 15.6. The number of allylic oxidation sites excluding steroid dienone is 2. The number of halogens is 1. The molecule has 0 aromatic carbocycles. The van der Waals surface area contributed by atoms with Crippen molar-refractivity contribution < 1.29 is 38.3 Å². The van der Waals surface area contributed by atoms with Crippen molar-refractivity contribution in [2.75, 3.05) is 19.8 Å². The number of ether oxygens (including phenoxy) is 6. The van der Waals surface area contributed by atoms with Gasteiger partial charge in [0.25, 0.3) is 0 Å². The molecule has 8 atom stereocenters. The smallest absolute Gasteiger partial charge is 0.303 e. The first-order chi connectivity index (χ1) is 22.9. The molecule has 3 aliphatic heterocycles. The average molecular weight is 740 g/mol. The molecule has 4 heterocycles. The molecule has 0 radical (unpaired) electrons. The van der Waals surface area contributed by atoms with E-state index in [-0.39, 0.29) is 55.4 Å². The van der Waals surface area contributed by atoms with Crippen molar-refractivity contribution in [2.45, 2.75) is 147 Å². The van der Waals surface area contributed by atoms with Crippen LogP contribution in [0.5, 0.6) is 0 Å². The summed E-state index contributed by atoms with van der Waals surface area (Å²) >= 11 is 5.52. The van der Waals surface area contributed by atoms with Gasteiger partial charge in [0.1, 0.15) is 0 Å². The third-order valence-corrected chi connectivity index (χ3v) is 11.9. The summed E-state index contributed by atoms with van der Waals surface area (Å²) in [6.45, 7) is 4.39. The van der Waals surface area contributed by atoms with Crippen molar-refractivity contribution in [3.8, 4) is 0 Å². The number of hydrogen-bond acceptors (Lipinski definition) is 8. The molecule has 264 valence electrons. The fourth-order valence-electron chi connectivity index (χ4n) is 7.13. The van der Waals surface area contributed by atoms with Crippen molar-refractivity contribution in [3.63, 3.8) is 0 Å². The van der Waals surface area contributed by atoms with Crippen LogP contribution in [0.1, 0.15) is 106 Å². The van der Waals surface area contributed by atoms with Crippen LogP contribution in [0, 0.1) is 18.8 Å². The van der Waals surface area contributed by atoms with Gasteiger partial charge in [-0.25, -0.2) is 0 Å². The van der Waals surface area contributed by atoms with Crippen LogP contribution < -0.4 is 0 Å². The Hall–Kier alpha value is -1.11. The number of rotatable bonds is 17. The fraction of sp³-hybridized carbons (Fsp3) is 0.757. The van der Waals surface area contributed by atoms with Crippen LogP contribution in [0.2, 0.25) is 0 Å². The van der Waals surface area contributed by atoms with E-state index in [1.807, 2.05) is 11.3 Å². The van der Waals surface area contributed by atoms with E-state index in [9.17, 15) is 4.79 Å². The number of thiophene rings is 1. The van der Waals surface area contributed by atoms with Crippen molar-refractivity contribution in [2.24, 2.45) is 11.8 Å². The maximum atomic E-state index is 11.0. The van der Waals surface area contributed by atoms with Crippen LogP contribution in [-0.2, 0) is 39.6 Å². The number of carboxylic acids is 1. The molecule has 0 bridgehead atoms.